The van der Waals surface area contributed by atoms with Gasteiger partial charge < -0.3 is 22.8 Å². The maximum absolute atomic E-state index is 16.3. The monoisotopic (exact) mass is 439 g/mol. The van der Waals surface area contributed by atoms with Crippen molar-refractivity contribution in [3.63, 3.8) is 0 Å². The molecule has 0 atom stereocenters. The van der Waals surface area contributed by atoms with Gasteiger partial charge in [0.1, 0.15) is 6.20 Å². The van der Waals surface area contributed by atoms with Crippen LogP contribution in [0, 0.1) is 0 Å². The van der Waals surface area contributed by atoms with Crippen molar-refractivity contribution in [1.82, 2.24) is 0 Å². The van der Waals surface area contributed by atoms with E-state index >= 15 is 8.63 Å². The number of hydrogen-bond donors (Lipinski definition) is 0. The van der Waals surface area contributed by atoms with Crippen molar-refractivity contribution in [1.29, 1.82) is 0 Å². The first-order valence-electron chi connectivity index (χ1n) is 10.9. The van der Waals surface area contributed by atoms with E-state index in [0.717, 1.165) is 26.9 Å². The molecule has 1 aliphatic heterocycles. The molecule has 0 aliphatic carbocycles. The largest absolute Gasteiger partial charge is 0.737 e. The molecule has 4 aromatic rings. The van der Waals surface area contributed by atoms with E-state index in [1.54, 1.807) is 24.3 Å². The van der Waals surface area contributed by atoms with Gasteiger partial charge in [-0.05, 0) is 41.5 Å². The van der Waals surface area contributed by atoms with Crippen LogP contribution in [0.2, 0.25) is 0 Å². The number of aromatic nitrogens is 1. The first kappa shape index (κ1) is 20.9. The van der Waals surface area contributed by atoms with Crippen molar-refractivity contribution in [2.45, 2.75) is 0 Å². The molecule has 0 radical (unpaired) electrons. The molecule has 1 aliphatic rings. The first-order valence-corrected chi connectivity index (χ1v) is 10.9. The molecule has 5 rings (SSSR count). The molecular weight excluding hydrogens is 415 g/mol. The molecular formula is C27H24BF2N3. The summed E-state index contributed by atoms with van der Waals surface area (Å²) in [6.45, 7) is -4.15. The summed E-state index contributed by atoms with van der Waals surface area (Å²) in [5, 5.41) is 0. The van der Waals surface area contributed by atoms with E-state index in [1.165, 1.54) is 11.0 Å². The third-order valence-electron chi connectivity index (χ3n) is 6.02. The normalized spacial score (nSPS) is 14.7. The molecule has 0 fully saturated rings. The molecule has 6 heteroatoms. The molecule has 0 amide bonds. The van der Waals surface area contributed by atoms with Crippen LogP contribution in [-0.4, -0.2) is 21.1 Å². The quantitative estimate of drug-likeness (QED) is 0.378. The molecule has 2 heterocycles. The average Bonchev–Trinajstić information content (AvgIpc) is 2.85. The zero-order valence-electron chi connectivity index (χ0n) is 18.6. The number of anilines is 2. The van der Waals surface area contributed by atoms with E-state index in [2.05, 4.69) is 0 Å². The number of hydrogen-bond acceptors (Lipinski definition) is 2. The van der Waals surface area contributed by atoms with Gasteiger partial charge in [0.2, 0.25) is 0 Å². The molecule has 3 nitrogen and oxygen atoms in total. The summed E-state index contributed by atoms with van der Waals surface area (Å²) in [4.78, 5) is 3.17. The molecule has 33 heavy (non-hydrogen) atoms. The second kappa shape index (κ2) is 8.21. The lowest BCUT2D eigenvalue weighted by Crippen LogP contribution is -2.72. The number of rotatable bonds is 4. The van der Waals surface area contributed by atoms with Gasteiger partial charge in [0, 0.05) is 37.2 Å². The van der Waals surface area contributed by atoms with Gasteiger partial charge in [-0.3, -0.25) is 0 Å². The zero-order chi connectivity index (χ0) is 23.0. The predicted octanol–water partition coefficient (Wildman–Crippen LogP) is 5.70. The van der Waals surface area contributed by atoms with Crippen LogP contribution in [0.1, 0.15) is 16.8 Å². The molecule has 0 saturated carbocycles. The summed E-state index contributed by atoms with van der Waals surface area (Å²) in [5.74, 6) is 0. The number of nitrogens with zero attached hydrogens (tertiary/aromatic N) is 3. The zero-order valence-corrected chi connectivity index (χ0v) is 18.6. The van der Waals surface area contributed by atoms with Crippen LogP contribution in [-0.2, 0) is 0 Å². The van der Waals surface area contributed by atoms with Gasteiger partial charge in [-0.25, -0.2) is 0 Å². The highest BCUT2D eigenvalue weighted by Crippen LogP contribution is 2.42. The summed E-state index contributed by atoms with van der Waals surface area (Å²) in [7, 11) is 3.87. The minimum absolute atomic E-state index is 0.444. The Morgan fingerprint density at radius 3 is 1.88 bits per heavy atom. The van der Waals surface area contributed by atoms with E-state index in [9.17, 15) is 0 Å². The third-order valence-corrected chi connectivity index (χ3v) is 6.02. The lowest BCUT2D eigenvalue weighted by Gasteiger charge is -2.42. The van der Waals surface area contributed by atoms with Crippen LogP contribution in [0.4, 0.5) is 20.0 Å². The smallest absolute Gasteiger partial charge is 0.389 e. The molecule has 0 N–H and O–H groups in total. The SMILES string of the molecule is CN(C)c1ccc(N2C(c3ccccc3)=C(c3ccccc3)c3cccc[n+]3[B-]2(F)F)cc1. The Hall–Kier alpha value is -3.93. The summed E-state index contributed by atoms with van der Waals surface area (Å²) in [5.41, 5.74) is 4.78. The van der Waals surface area contributed by atoms with Crippen molar-refractivity contribution in [2.24, 2.45) is 0 Å². The lowest BCUT2D eigenvalue weighted by atomic mass is 9.80. The fourth-order valence-electron chi connectivity index (χ4n) is 4.45. The Kier molecular flexibility index (Phi) is 5.21. The van der Waals surface area contributed by atoms with Crippen molar-refractivity contribution < 1.29 is 13.1 Å². The van der Waals surface area contributed by atoms with E-state index < -0.39 is 6.97 Å². The van der Waals surface area contributed by atoms with Crippen molar-refractivity contribution in [2.75, 3.05) is 23.8 Å². The van der Waals surface area contributed by atoms with Gasteiger partial charge in [0.25, 0.3) is 0 Å². The molecule has 0 saturated heterocycles. The van der Waals surface area contributed by atoms with Gasteiger partial charge >= 0.3 is 6.97 Å². The van der Waals surface area contributed by atoms with Crippen LogP contribution in [0.3, 0.4) is 0 Å². The predicted molar refractivity (Wildman–Crippen MR) is 132 cm³/mol. The maximum Gasteiger partial charge on any atom is 0.737 e. The Bertz CT molecular complexity index is 1300. The number of fused-ring (bicyclic) bond motifs is 1. The van der Waals surface area contributed by atoms with Crippen molar-refractivity contribution in [3.8, 4) is 0 Å². The minimum Gasteiger partial charge on any atom is -0.389 e. The van der Waals surface area contributed by atoms with Crippen LogP contribution in [0.15, 0.2) is 109 Å². The molecule has 0 spiro atoms. The van der Waals surface area contributed by atoms with E-state index in [-0.39, 0.29) is 0 Å². The van der Waals surface area contributed by atoms with Gasteiger partial charge in [0.05, 0.1) is 5.57 Å². The standard InChI is InChI=1S/C27H24BF2N3/c1-31(2)23-16-18-24(19-17-23)33-27(22-13-7-4-8-14-22)26(21-11-5-3-6-12-21)25-15-9-10-20-32(25)28(33,29)30/h3-20H,1-2H3. The van der Waals surface area contributed by atoms with Crippen LogP contribution in [0.25, 0.3) is 11.3 Å². The topological polar surface area (TPSA) is 10.4 Å². The fraction of sp³-hybridized carbons (Fsp3) is 0.0741. The van der Waals surface area contributed by atoms with E-state index in [0.29, 0.717) is 17.1 Å². The number of halogens is 2. The second-order valence-electron chi connectivity index (χ2n) is 8.32. The molecule has 0 unspecified atom stereocenters. The fourth-order valence-corrected chi connectivity index (χ4v) is 4.45. The van der Waals surface area contributed by atoms with Crippen LogP contribution < -0.4 is 14.2 Å². The van der Waals surface area contributed by atoms with Crippen molar-refractivity contribution in [3.05, 3.63) is 126 Å². The first-order chi connectivity index (χ1) is 16.0. The molecule has 3 aromatic carbocycles. The summed E-state index contributed by atoms with van der Waals surface area (Å²) in [6.07, 6.45) is 1.47. The lowest BCUT2D eigenvalue weighted by molar-refractivity contribution is -0.569. The van der Waals surface area contributed by atoms with Gasteiger partial charge in [-0.2, -0.15) is 0 Å². The Balaban J connectivity index is 1.87. The number of pyridine rings is 1. The van der Waals surface area contributed by atoms with Crippen molar-refractivity contribution >= 4 is 29.6 Å². The van der Waals surface area contributed by atoms with E-state index in [4.69, 9.17) is 0 Å². The van der Waals surface area contributed by atoms with Crippen LogP contribution >= 0.6 is 0 Å². The van der Waals surface area contributed by atoms with Gasteiger partial charge in [0.15, 0.2) is 5.69 Å². The summed E-state index contributed by atoms with van der Waals surface area (Å²) in [6, 6.07) is 31.7. The van der Waals surface area contributed by atoms with E-state index in [1.807, 2.05) is 97.9 Å². The van der Waals surface area contributed by atoms with Crippen LogP contribution in [0.5, 0.6) is 0 Å². The molecule has 0 bridgehead atoms. The molecule has 1 aromatic heterocycles. The highest BCUT2D eigenvalue weighted by atomic mass is 19.2. The highest BCUT2D eigenvalue weighted by Gasteiger charge is 2.54. The minimum atomic E-state index is -4.15. The summed E-state index contributed by atoms with van der Waals surface area (Å²) >= 11 is 0. The average molecular weight is 439 g/mol. The Morgan fingerprint density at radius 2 is 1.27 bits per heavy atom. The second-order valence-corrected chi connectivity index (χ2v) is 8.32. The third kappa shape index (κ3) is 3.57. The number of benzene rings is 3. The highest BCUT2D eigenvalue weighted by molar-refractivity contribution is 6.65. The Labute approximate surface area is 192 Å². The summed E-state index contributed by atoms with van der Waals surface area (Å²) < 4.78 is 33.8. The van der Waals surface area contributed by atoms with Gasteiger partial charge in [-0.15, -0.1) is 0 Å². The maximum atomic E-state index is 16.3. The molecule has 164 valence electrons. The van der Waals surface area contributed by atoms with Gasteiger partial charge in [-0.1, -0.05) is 66.7 Å². The Morgan fingerprint density at radius 1 is 0.697 bits per heavy atom.